The van der Waals surface area contributed by atoms with Gasteiger partial charge in [0.1, 0.15) is 19.3 Å². The first kappa shape index (κ1) is 80.2. The molecule has 0 aliphatic heterocycles. The summed E-state index contributed by atoms with van der Waals surface area (Å²) in [6.07, 6.45) is 77.0. The quantitative estimate of drug-likeness (QED) is 0.0212. The number of phosphoric acid groups is 1. The number of nitrogens with zero attached hydrogens (tertiary/aromatic N) is 1. The van der Waals surface area contributed by atoms with Crippen molar-refractivity contribution in [1.29, 1.82) is 0 Å². The number of rotatable bonds is 66. The van der Waals surface area contributed by atoms with Crippen molar-refractivity contribution in [2.45, 2.75) is 373 Å². The Labute approximate surface area is 510 Å². The average molecular weight is 1180 g/mol. The third kappa shape index (κ3) is 62.8. The molecular weight excluding hydrogens is 1040 g/mol. The molecule has 0 fully saturated rings. The van der Waals surface area contributed by atoms with Gasteiger partial charge in [-0.1, -0.05) is 321 Å². The van der Waals surface area contributed by atoms with Gasteiger partial charge in [-0.25, -0.2) is 0 Å². The molecule has 10 heteroatoms. The molecule has 0 aromatic rings. The molecule has 0 aliphatic rings. The van der Waals surface area contributed by atoms with Crippen LogP contribution in [0.25, 0.3) is 0 Å². The second kappa shape index (κ2) is 62.3. The minimum atomic E-state index is -4.70. The lowest BCUT2D eigenvalue weighted by Crippen LogP contribution is -2.47. The first-order valence-corrected chi connectivity index (χ1v) is 37.3. The summed E-state index contributed by atoms with van der Waals surface area (Å²) in [5.41, 5.74) is 0. The Morgan fingerprint density at radius 2 is 0.744 bits per heavy atom. The van der Waals surface area contributed by atoms with Crippen molar-refractivity contribution in [3.8, 4) is 0 Å². The normalized spacial score (nSPS) is 13.7. The third-order valence-electron chi connectivity index (χ3n) is 16.3. The predicted octanol–water partition coefficient (Wildman–Crippen LogP) is 22.0. The highest BCUT2D eigenvalue weighted by Gasteiger charge is 2.27. The zero-order chi connectivity index (χ0) is 60.0. The molecule has 3 unspecified atom stereocenters. The molecule has 9 nitrogen and oxygen atoms in total. The van der Waals surface area contributed by atoms with Gasteiger partial charge in [0.2, 0.25) is 5.91 Å². The van der Waals surface area contributed by atoms with Gasteiger partial charge < -0.3 is 28.5 Å². The van der Waals surface area contributed by atoms with Crippen LogP contribution in [0.4, 0.5) is 0 Å². The van der Waals surface area contributed by atoms with E-state index in [0.29, 0.717) is 17.4 Å². The van der Waals surface area contributed by atoms with Gasteiger partial charge in [-0.05, 0) is 63.9 Å². The van der Waals surface area contributed by atoms with Crippen LogP contribution >= 0.6 is 7.82 Å². The van der Waals surface area contributed by atoms with Crippen molar-refractivity contribution in [3.63, 3.8) is 0 Å². The zero-order valence-corrected chi connectivity index (χ0v) is 56.4. The first-order chi connectivity index (χ1) is 39.9. The van der Waals surface area contributed by atoms with Gasteiger partial charge in [-0.2, -0.15) is 0 Å². The number of hydrogen-bond donors (Lipinski definition) is 1. The molecule has 484 valence electrons. The van der Waals surface area contributed by atoms with Gasteiger partial charge in [0.15, 0.2) is 0 Å². The fourth-order valence-corrected chi connectivity index (χ4v) is 11.5. The van der Waals surface area contributed by atoms with Crippen molar-refractivity contribution in [2.24, 2.45) is 0 Å². The molecule has 82 heavy (non-hydrogen) atoms. The van der Waals surface area contributed by atoms with E-state index in [9.17, 15) is 19.0 Å². The molecule has 0 heterocycles. The molecule has 0 radical (unpaired) electrons. The molecule has 0 aliphatic carbocycles. The average Bonchev–Trinajstić information content (AvgIpc) is 3.47. The molecule has 0 aromatic carbocycles. The predicted molar refractivity (Wildman–Crippen MR) is 353 cm³/mol. The van der Waals surface area contributed by atoms with E-state index in [1.54, 1.807) is 0 Å². The van der Waals surface area contributed by atoms with E-state index in [1.807, 2.05) is 33.3 Å². The van der Waals surface area contributed by atoms with Gasteiger partial charge in [0.05, 0.1) is 33.8 Å². The maximum atomic E-state index is 13.6. The molecule has 1 N–H and O–H groups in total. The maximum Gasteiger partial charge on any atom is 0.306 e. The van der Waals surface area contributed by atoms with Gasteiger partial charge in [-0.15, -0.1) is 0 Å². The Balaban J connectivity index is 5.02. The third-order valence-corrected chi connectivity index (χ3v) is 17.3. The summed E-state index contributed by atoms with van der Waals surface area (Å²) in [4.78, 5) is 40.2. The van der Waals surface area contributed by atoms with Crippen LogP contribution < -0.4 is 10.2 Å². The van der Waals surface area contributed by atoms with Crippen molar-refractivity contribution < 1.29 is 37.3 Å². The second-order valence-corrected chi connectivity index (χ2v) is 27.2. The molecule has 0 aromatic heterocycles. The smallest absolute Gasteiger partial charge is 0.306 e. The summed E-state index contributed by atoms with van der Waals surface area (Å²) in [5.74, 6) is -0.526. The monoisotopic (exact) mass is 1180 g/mol. The Morgan fingerprint density at radius 3 is 1.12 bits per heavy atom. The van der Waals surface area contributed by atoms with Gasteiger partial charge >= 0.3 is 5.97 Å². The number of nitrogens with one attached hydrogen (secondary N) is 1. The van der Waals surface area contributed by atoms with E-state index in [2.05, 4.69) is 50.4 Å². The van der Waals surface area contributed by atoms with E-state index in [1.165, 1.54) is 250 Å². The van der Waals surface area contributed by atoms with Crippen LogP contribution in [0.15, 0.2) is 36.5 Å². The number of likely N-dealkylation sites (N-methyl/N-ethyl adjacent to an activating group) is 1. The Kier molecular flexibility index (Phi) is 60.9. The van der Waals surface area contributed by atoms with Crippen LogP contribution in [-0.2, 0) is 27.9 Å². The van der Waals surface area contributed by atoms with Crippen LogP contribution in [0.3, 0.4) is 0 Å². The lowest BCUT2D eigenvalue weighted by molar-refractivity contribution is -0.870. The number of allylic oxidation sites excluding steroid dienone is 5. The summed E-state index contributed by atoms with van der Waals surface area (Å²) in [5, 5.41) is 3.04. The van der Waals surface area contributed by atoms with Crippen LogP contribution in [-0.4, -0.2) is 69.4 Å². The molecule has 0 bridgehead atoms. The van der Waals surface area contributed by atoms with Crippen molar-refractivity contribution >= 4 is 19.7 Å². The number of phosphoric ester groups is 1. The highest BCUT2D eigenvalue weighted by atomic mass is 31.2. The molecule has 0 saturated carbocycles. The van der Waals surface area contributed by atoms with E-state index >= 15 is 0 Å². The summed E-state index contributed by atoms with van der Waals surface area (Å²) >= 11 is 0. The van der Waals surface area contributed by atoms with Crippen molar-refractivity contribution in [2.75, 3.05) is 40.9 Å². The van der Waals surface area contributed by atoms with E-state index < -0.39 is 20.0 Å². The highest BCUT2D eigenvalue weighted by molar-refractivity contribution is 7.45. The minimum absolute atomic E-state index is 0.0206. The lowest BCUT2D eigenvalue weighted by Gasteiger charge is -2.30. The first-order valence-electron chi connectivity index (χ1n) is 35.8. The van der Waals surface area contributed by atoms with Gasteiger partial charge in [0, 0.05) is 12.8 Å². The number of esters is 1. The van der Waals surface area contributed by atoms with E-state index in [-0.39, 0.29) is 31.5 Å². The minimum Gasteiger partial charge on any atom is -0.756 e. The highest BCUT2D eigenvalue weighted by Crippen LogP contribution is 2.38. The molecule has 1 amide bonds. The van der Waals surface area contributed by atoms with Gasteiger partial charge in [-0.3, -0.25) is 14.2 Å². The summed E-state index contributed by atoms with van der Waals surface area (Å²) in [7, 11) is 1.20. The van der Waals surface area contributed by atoms with Crippen LogP contribution in [0.1, 0.15) is 361 Å². The second-order valence-electron chi connectivity index (χ2n) is 25.7. The van der Waals surface area contributed by atoms with Crippen LogP contribution in [0, 0.1) is 0 Å². The summed E-state index contributed by atoms with van der Waals surface area (Å²) in [6.45, 7) is 6.87. The fraction of sp³-hybridized carbons (Fsp3) is 0.889. The summed E-state index contributed by atoms with van der Waals surface area (Å²) in [6, 6.07) is -0.888. The number of quaternary nitrogens is 1. The molecule has 0 spiro atoms. The van der Waals surface area contributed by atoms with E-state index in [0.717, 1.165) is 77.0 Å². The van der Waals surface area contributed by atoms with E-state index in [4.69, 9.17) is 13.8 Å². The lowest BCUT2D eigenvalue weighted by atomic mass is 10.0. The molecular formula is C72H139N2O7P. The molecule has 0 rings (SSSR count). The number of hydrogen-bond acceptors (Lipinski definition) is 7. The van der Waals surface area contributed by atoms with Crippen LogP contribution in [0.5, 0.6) is 0 Å². The Morgan fingerprint density at radius 1 is 0.427 bits per heavy atom. The van der Waals surface area contributed by atoms with Crippen molar-refractivity contribution in [3.05, 3.63) is 36.5 Å². The number of carbonyl (C=O) groups is 2. The molecule has 3 atom stereocenters. The largest absolute Gasteiger partial charge is 0.756 e. The fourth-order valence-electron chi connectivity index (χ4n) is 10.8. The standard InChI is InChI=1S/C72H139N2O7P/c1-7-10-13-16-19-22-25-28-30-32-34-35-36-37-38-39-41-43-45-47-50-53-56-59-62-65-72(76)81-70(63-60-57-54-51-48-27-24-21-18-15-12-9-3)69(68-80-82(77,78)79-67-66-74(4,5)6)73-71(75)64-61-58-55-52-49-46-44-42-40-33-31-29-26-23-20-17-14-11-8-2/h20,23,29,31,60,63,69-70H,7-19,21-22,24-28,30,32-59,61-62,64-68H2,1-6H3,(H-,73,75,77,78)/b23-20-,31-29-,63-60-. The Bertz CT molecular complexity index is 1500. The number of amides is 1. The number of ether oxygens (including phenoxy) is 1. The zero-order valence-electron chi connectivity index (χ0n) is 55.5. The molecule has 0 saturated heterocycles. The van der Waals surface area contributed by atoms with Crippen molar-refractivity contribution in [1.82, 2.24) is 5.32 Å². The Hall–Kier alpha value is -1.77. The van der Waals surface area contributed by atoms with Gasteiger partial charge in [0.25, 0.3) is 7.82 Å². The SMILES string of the molecule is CCCCC/C=C\C/C=C\CCCCCCCCCCCC(=O)NC(COP(=O)([O-])OCC[N+](C)(C)C)C(/C=C\CCCCCCCCCCCC)OC(=O)CCCCCCCCCCCCCCCCCCCCCCCCCCC. The maximum absolute atomic E-state index is 13.6. The number of carbonyl (C=O) groups excluding carboxylic acids is 2. The van der Waals surface area contributed by atoms with Crippen LogP contribution in [0.2, 0.25) is 0 Å². The number of unbranched alkanes of at least 4 members (excludes halogenated alkanes) is 46. The summed E-state index contributed by atoms with van der Waals surface area (Å²) < 4.78 is 30.4. The topological polar surface area (TPSA) is 114 Å².